The Morgan fingerprint density at radius 3 is 2.62 bits per heavy atom. The predicted octanol–water partition coefficient (Wildman–Crippen LogP) is 3.03. The maximum atomic E-state index is 15.3. The molecule has 10 nitrogen and oxygen atoms in total. The molecule has 0 saturated carbocycles. The van der Waals surface area contributed by atoms with Gasteiger partial charge < -0.3 is 29.2 Å². The number of aliphatic hydroxyl groups excluding tert-OH is 1. The molecule has 0 spiro atoms. The fourth-order valence-electron chi connectivity index (χ4n) is 6.14. The average Bonchev–Trinajstić information content (AvgIpc) is 2.94. The van der Waals surface area contributed by atoms with Gasteiger partial charge in [0, 0.05) is 47.4 Å². The van der Waals surface area contributed by atoms with Gasteiger partial charge in [-0.15, -0.1) is 0 Å². The molecule has 5 atom stereocenters. The fraction of sp³-hybridized carbons (Fsp3) is 0.552. The summed E-state index contributed by atoms with van der Waals surface area (Å²) < 4.78 is 34.7. The van der Waals surface area contributed by atoms with Crippen LogP contribution >= 0.6 is 0 Å². The van der Waals surface area contributed by atoms with Crippen LogP contribution in [0.15, 0.2) is 23.1 Å². The van der Waals surface area contributed by atoms with Crippen LogP contribution in [-0.2, 0) is 16.0 Å². The quantitative estimate of drug-likeness (QED) is 0.493. The van der Waals surface area contributed by atoms with Gasteiger partial charge in [-0.25, -0.2) is 14.4 Å². The Bertz CT molecular complexity index is 1490. The molecule has 214 valence electrons. The van der Waals surface area contributed by atoms with E-state index in [9.17, 15) is 9.90 Å². The number of benzene rings is 1. The van der Waals surface area contributed by atoms with Crippen molar-refractivity contribution in [1.29, 1.82) is 0 Å². The maximum Gasteiger partial charge on any atom is 0.223 e. The summed E-state index contributed by atoms with van der Waals surface area (Å²) >= 11 is 0. The van der Waals surface area contributed by atoms with E-state index in [1.165, 1.54) is 0 Å². The van der Waals surface area contributed by atoms with E-state index in [4.69, 9.17) is 14.2 Å². The molecule has 0 aliphatic carbocycles. The molecule has 3 aromatic rings. The molecule has 40 heavy (non-hydrogen) atoms. The highest BCUT2D eigenvalue weighted by Crippen LogP contribution is 2.41. The first kappa shape index (κ1) is 27.1. The molecular formula is C29H36FN5O5. The molecule has 1 unspecified atom stereocenters. The summed E-state index contributed by atoms with van der Waals surface area (Å²) in [5.74, 6) is 0.0378. The number of pyridine rings is 1. The zero-order valence-corrected chi connectivity index (χ0v) is 23.3. The van der Waals surface area contributed by atoms with Gasteiger partial charge in [0.2, 0.25) is 5.95 Å². The molecule has 0 bridgehead atoms. The van der Waals surface area contributed by atoms with Crippen LogP contribution in [0.3, 0.4) is 0 Å². The number of hydrogen-bond acceptors (Lipinski definition) is 9. The van der Waals surface area contributed by atoms with Gasteiger partial charge in [-0.2, -0.15) is 0 Å². The van der Waals surface area contributed by atoms with E-state index in [0.29, 0.717) is 67.2 Å². The molecule has 2 saturated heterocycles. The Morgan fingerprint density at radius 2 is 1.88 bits per heavy atom. The SMILES string of the molecule is Cc1c(CN2[C@@H](C)COC[C@@H]2C)n2c3c(c(-c4nc(N[C@@H]5CCOC[C@H]5O)ncc4F)ccc3c1=O)OCC2C. The first-order valence-corrected chi connectivity index (χ1v) is 14.0. The highest BCUT2D eigenvalue weighted by atomic mass is 19.1. The van der Waals surface area contributed by atoms with Crippen LogP contribution in [0.2, 0.25) is 0 Å². The summed E-state index contributed by atoms with van der Waals surface area (Å²) in [6.07, 6.45) is 0.979. The van der Waals surface area contributed by atoms with Gasteiger partial charge in [-0.05, 0) is 46.2 Å². The Balaban J connectivity index is 1.48. The lowest BCUT2D eigenvalue weighted by molar-refractivity contribution is -0.0422. The molecule has 2 N–H and O–H groups in total. The van der Waals surface area contributed by atoms with Crippen molar-refractivity contribution in [1.82, 2.24) is 19.4 Å². The normalized spacial score (nSPS) is 27.0. The lowest BCUT2D eigenvalue weighted by atomic mass is 9.99. The highest BCUT2D eigenvalue weighted by molar-refractivity contribution is 5.93. The molecule has 0 radical (unpaired) electrons. The topological polar surface area (TPSA) is 111 Å². The van der Waals surface area contributed by atoms with Crippen LogP contribution in [0.1, 0.15) is 44.5 Å². The highest BCUT2D eigenvalue weighted by Gasteiger charge is 2.32. The fourth-order valence-corrected chi connectivity index (χ4v) is 6.14. The van der Waals surface area contributed by atoms with Crippen molar-refractivity contribution >= 4 is 16.9 Å². The molecule has 6 rings (SSSR count). The number of anilines is 1. The summed E-state index contributed by atoms with van der Waals surface area (Å²) in [6.45, 7) is 11.2. The zero-order chi connectivity index (χ0) is 28.1. The number of nitrogens with zero attached hydrogens (tertiary/aromatic N) is 4. The second-order valence-corrected chi connectivity index (χ2v) is 11.2. The summed E-state index contributed by atoms with van der Waals surface area (Å²) in [5.41, 5.74) is 2.77. The van der Waals surface area contributed by atoms with E-state index >= 15 is 4.39 Å². The number of ether oxygens (including phenoxy) is 3. The van der Waals surface area contributed by atoms with Crippen LogP contribution in [0, 0.1) is 12.7 Å². The number of nitrogens with one attached hydrogen (secondary N) is 1. The largest absolute Gasteiger partial charge is 0.489 e. The zero-order valence-electron chi connectivity index (χ0n) is 23.3. The average molecular weight is 554 g/mol. The second kappa shape index (κ2) is 10.7. The van der Waals surface area contributed by atoms with Gasteiger partial charge in [0.05, 0.1) is 49.7 Å². The molecule has 11 heteroatoms. The summed E-state index contributed by atoms with van der Waals surface area (Å²) in [7, 11) is 0. The third kappa shape index (κ3) is 4.64. The minimum absolute atomic E-state index is 0.0336. The standard InChI is InChI=1S/C29H36FN5O5/c1-15-11-39-12-16(2)34(15)10-23-18(4)27(37)20-6-5-19(28-26(20)35(23)17(3)13-40-28)25-21(30)9-31-29(33-25)32-22-7-8-38-14-24(22)36/h5-6,9,15-17,22,24,36H,7-8,10-14H2,1-4H3,(H,31,32,33)/t15-,16-,17?,22+,24+/m0/s1. The van der Waals surface area contributed by atoms with E-state index < -0.39 is 11.9 Å². The minimum atomic E-state index is -0.717. The number of hydrogen-bond donors (Lipinski definition) is 2. The molecular weight excluding hydrogens is 517 g/mol. The molecule has 5 heterocycles. The lowest BCUT2D eigenvalue weighted by Crippen LogP contribution is -2.49. The van der Waals surface area contributed by atoms with Crippen LogP contribution < -0.4 is 15.5 Å². The molecule has 2 fully saturated rings. The smallest absolute Gasteiger partial charge is 0.223 e. The van der Waals surface area contributed by atoms with E-state index in [2.05, 4.69) is 45.5 Å². The molecule has 1 aromatic carbocycles. The van der Waals surface area contributed by atoms with Crippen LogP contribution in [0.25, 0.3) is 22.2 Å². The van der Waals surface area contributed by atoms with Gasteiger partial charge in [-0.1, -0.05) is 0 Å². The van der Waals surface area contributed by atoms with Crippen molar-refractivity contribution in [2.45, 2.75) is 70.9 Å². The maximum absolute atomic E-state index is 15.3. The second-order valence-electron chi connectivity index (χ2n) is 11.2. The monoisotopic (exact) mass is 553 g/mol. The Hall–Kier alpha value is -3.12. The summed E-state index contributed by atoms with van der Waals surface area (Å²) in [4.78, 5) is 24.7. The first-order valence-electron chi connectivity index (χ1n) is 14.0. The van der Waals surface area contributed by atoms with Crippen LogP contribution in [-0.4, -0.2) is 81.8 Å². The van der Waals surface area contributed by atoms with Gasteiger partial charge in [0.1, 0.15) is 12.3 Å². The molecule has 3 aliphatic heterocycles. The Labute approximate surface area is 232 Å². The number of aliphatic hydroxyl groups is 1. The predicted molar refractivity (Wildman–Crippen MR) is 148 cm³/mol. The van der Waals surface area contributed by atoms with Crippen LogP contribution in [0.5, 0.6) is 5.75 Å². The summed E-state index contributed by atoms with van der Waals surface area (Å²) in [6, 6.07) is 3.51. The van der Waals surface area contributed by atoms with Gasteiger partial charge >= 0.3 is 0 Å². The third-order valence-electron chi connectivity index (χ3n) is 8.41. The Kier molecular flexibility index (Phi) is 7.24. The van der Waals surface area contributed by atoms with E-state index in [-0.39, 0.29) is 47.8 Å². The van der Waals surface area contributed by atoms with E-state index in [1.54, 1.807) is 12.1 Å². The van der Waals surface area contributed by atoms with Crippen LogP contribution in [0.4, 0.5) is 10.3 Å². The van der Waals surface area contributed by atoms with Crippen molar-refractivity contribution < 1.29 is 23.7 Å². The van der Waals surface area contributed by atoms with Crippen molar-refractivity contribution in [3.05, 3.63) is 45.6 Å². The number of morpholine rings is 1. The van der Waals surface area contributed by atoms with Crippen molar-refractivity contribution in [3.63, 3.8) is 0 Å². The van der Waals surface area contributed by atoms with E-state index in [1.807, 2.05) is 6.92 Å². The number of aromatic nitrogens is 3. The molecule has 0 amide bonds. The van der Waals surface area contributed by atoms with Crippen molar-refractivity contribution in [3.8, 4) is 17.0 Å². The van der Waals surface area contributed by atoms with Gasteiger partial charge in [-0.3, -0.25) is 9.69 Å². The number of halogens is 1. The summed E-state index contributed by atoms with van der Waals surface area (Å²) in [5, 5.41) is 13.9. The number of rotatable bonds is 5. The minimum Gasteiger partial charge on any atom is -0.489 e. The van der Waals surface area contributed by atoms with Gasteiger partial charge in [0.25, 0.3) is 0 Å². The van der Waals surface area contributed by atoms with Crippen molar-refractivity contribution in [2.24, 2.45) is 0 Å². The Morgan fingerprint density at radius 1 is 1.10 bits per heavy atom. The van der Waals surface area contributed by atoms with E-state index in [0.717, 1.165) is 11.9 Å². The lowest BCUT2D eigenvalue weighted by Gasteiger charge is -2.40. The molecule has 3 aliphatic rings. The molecule has 2 aromatic heterocycles. The first-order chi connectivity index (χ1) is 19.2. The van der Waals surface area contributed by atoms with Gasteiger partial charge in [0.15, 0.2) is 17.0 Å². The van der Waals surface area contributed by atoms with Crippen molar-refractivity contribution in [2.75, 3.05) is 38.4 Å². The third-order valence-corrected chi connectivity index (χ3v) is 8.41.